The van der Waals surface area contributed by atoms with E-state index in [1.54, 1.807) is 30.5 Å². The van der Waals surface area contributed by atoms with Crippen molar-refractivity contribution in [3.63, 3.8) is 0 Å². The molecule has 0 unspecified atom stereocenters. The quantitative estimate of drug-likeness (QED) is 0.250. The van der Waals surface area contributed by atoms with Crippen LogP contribution < -0.4 is 20.1 Å². The largest absolute Gasteiger partial charge is 0.495 e. The van der Waals surface area contributed by atoms with Gasteiger partial charge in [0.2, 0.25) is 0 Å². The zero-order valence-corrected chi connectivity index (χ0v) is 21.4. The molecule has 1 amide bonds. The summed E-state index contributed by atoms with van der Waals surface area (Å²) in [7, 11) is 3.01. The van der Waals surface area contributed by atoms with Crippen molar-refractivity contribution in [3.8, 4) is 11.5 Å². The Morgan fingerprint density at radius 2 is 1.94 bits per heavy atom. The summed E-state index contributed by atoms with van der Waals surface area (Å²) < 4.78 is 25.6. The fourth-order valence-corrected chi connectivity index (χ4v) is 5.29. The Balaban J connectivity index is 1.68. The number of anilines is 3. The Morgan fingerprint density at radius 3 is 2.64 bits per heavy atom. The Kier molecular flexibility index (Phi) is 6.86. The molecule has 0 bridgehead atoms. The van der Waals surface area contributed by atoms with Gasteiger partial charge in [0.05, 0.1) is 39.3 Å². The van der Waals surface area contributed by atoms with E-state index in [1.165, 1.54) is 38.0 Å². The summed E-state index contributed by atoms with van der Waals surface area (Å²) >= 11 is 9.82. The topological polar surface area (TPSA) is 85.4 Å². The van der Waals surface area contributed by atoms with Crippen LogP contribution in [0.15, 0.2) is 36.0 Å². The molecule has 4 rings (SSSR count). The molecule has 0 saturated heterocycles. The number of rotatable bonds is 6. The molecule has 0 aliphatic rings. The zero-order valence-electron chi connectivity index (χ0n) is 17.6. The lowest BCUT2D eigenvalue weighted by Gasteiger charge is -2.15. The van der Waals surface area contributed by atoms with E-state index in [0.717, 1.165) is 0 Å². The maximum atomic E-state index is 13.6. The van der Waals surface area contributed by atoms with Gasteiger partial charge in [-0.15, -0.1) is 11.3 Å². The van der Waals surface area contributed by atoms with Gasteiger partial charge in [-0.25, -0.2) is 14.4 Å². The number of aromatic nitrogens is 2. The molecule has 33 heavy (non-hydrogen) atoms. The number of halogens is 3. The van der Waals surface area contributed by atoms with Crippen molar-refractivity contribution in [3.05, 3.63) is 61.5 Å². The standard InChI is InChI=1S/C22H17ClFIN4O3S/c1-10-6-11(4-5-13(10)24)28-21-20-18(26-9-27-21)12(8-33-20)22(30)29-19-16(23)14(31-2)7-15(32-3)17(19)25/h4-9H,1-3H3,(H,29,30)(H,26,27,28). The molecule has 7 nitrogen and oxygen atoms in total. The number of thiophene rings is 1. The molecule has 2 aromatic heterocycles. The number of methoxy groups -OCH3 is 2. The first-order chi connectivity index (χ1) is 15.8. The number of aryl methyl sites for hydroxylation is 1. The van der Waals surface area contributed by atoms with Gasteiger partial charge in [-0.3, -0.25) is 4.79 Å². The van der Waals surface area contributed by atoms with Gasteiger partial charge < -0.3 is 20.1 Å². The first kappa shape index (κ1) is 23.5. The van der Waals surface area contributed by atoms with Gasteiger partial charge in [0.15, 0.2) is 5.82 Å². The number of nitrogens with one attached hydrogen (secondary N) is 2. The van der Waals surface area contributed by atoms with Gasteiger partial charge in [0.25, 0.3) is 5.91 Å². The lowest BCUT2D eigenvalue weighted by molar-refractivity contribution is 0.102. The van der Waals surface area contributed by atoms with E-state index in [0.29, 0.717) is 53.6 Å². The highest BCUT2D eigenvalue weighted by atomic mass is 127. The SMILES string of the molecule is COc1cc(OC)c(I)c(NC(=O)c2csc3c(Nc4ccc(F)c(C)c4)ncnc23)c1Cl. The summed E-state index contributed by atoms with van der Waals surface area (Å²) in [4.78, 5) is 21.8. The van der Waals surface area contributed by atoms with Crippen LogP contribution in [0.4, 0.5) is 21.6 Å². The van der Waals surface area contributed by atoms with Crippen LogP contribution in [0.5, 0.6) is 11.5 Å². The second kappa shape index (κ2) is 9.65. The van der Waals surface area contributed by atoms with Crippen molar-refractivity contribution < 1.29 is 18.7 Å². The van der Waals surface area contributed by atoms with Crippen LogP contribution >= 0.6 is 45.5 Å². The monoisotopic (exact) mass is 598 g/mol. The molecule has 0 radical (unpaired) electrons. The molecule has 0 aliphatic heterocycles. The number of amides is 1. The summed E-state index contributed by atoms with van der Waals surface area (Å²) in [6.07, 6.45) is 1.37. The summed E-state index contributed by atoms with van der Waals surface area (Å²) in [5.74, 6) is 0.740. The van der Waals surface area contributed by atoms with E-state index in [4.69, 9.17) is 21.1 Å². The molecule has 11 heteroatoms. The minimum Gasteiger partial charge on any atom is -0.495 e. The van der Waals surface area contributed by atoms with Gasteiger partial charge in [0.1, 0.15) is 28.7 Å². The Morgan fingerprint density at radius 1 is 1.18 bits per heavy atom. The maximum absolute atomic E-state index is 13.6. The van der Waals surface area contributed by atoms with Gasteiger partial charge >= 0.3 is 0 Å². The molecule has 0 saturated carbocycles. The van der Waals surface area contributed by atoms with Crippen LogP contribution in [-0.4, -0.2) is 30.1 Å². The molecule has 0 atom stereocenters. The smallest absolute Gasteiger partial charge is 0.258 e. The van der Waals surface area contributed by atoms with Crippen molar-refractivity contribution in [1.82, 2.24) is 9.97 Å². The van der Waals surface area contributed by atoms with Crippen LogP contribution in [0.25, 0.3) is 10.2 Å². The van der Waals surface area contributed by atoms with E-state index in [1.807, 2.05) is 0 Å². The molecule has 2 aromatic carbocycles. The van der Waals surface area contributed by atoms with E-state index < -0.39 is 5.91 Å². The number of hydrogen-bond donors (Lipinski definition) is 2. The van der Waals surface area contributed by atoms with Crippen molar-refractivity contribution in [2.75, 3.05) is 24.9 Å². The lowest BCUT2D eigenvalue weighted by Crippen LogP contribution is -2.14. The van der Waals surface area contributed by atoms with Gasteiger partial charge in [-0.05, 0) is 53.3 Å². The lowest BCUT2D eigenvalue weighted by atomic mass is 10.2. The third kappa shape index (κ3) is 4.55. The number of ether oxygens (including phenoxy) is 2. The Bertz CT molecular complexity index is 1350. The highest BCUT2D eigenvalue weighted by Gasteiger charge is 2.22. The second-order valence-electron chi connectivity index (χ2n) is 6.88. The minimum atomic E-state index is -0.390. The molecule has 4 aromatic rings. The van der Waals surface area contributed by atoms with Gasteiger partial charge in [-0.1, -0.05) is 11.6 Å². The second-order valence-corrected chi connectivity index (χ2v) is 9.21. The average Bonchev–Trinajstić information content (AvgIpc) is 3.24. The minimum absolute atomic E-state index is 0.263. The van der Waals surface area contributed by atoms with Gasteiger partial charge in [-0.2, -0.15) is 0 Å². The van der Waals surface area contributed by atoms with E-state index in [2.05, 4.69) is 43.2 Å². The van der Waals surface area contributed by atoms with Gasteiger partial charge in [0, 0.05) is 17.1 Å². The van der Waals surface area contributed by atoms with Crippen molar-refractivity contribution >= 4 is 78.8 Å². The highest BCUT2D eigenvalue weighted by Crippen LogP contribution is 2.42. The molecular weight excluding hydrogens is 582 g/mol. The summed E-state index contributed by atoms with van der Waals surface area (Å²) in [6, 6.07) is 6.35. The Labute approximate surface area is 211 Å². The predicted molar refractivity (Wildman–Crippen MR) is 137 cm³/mol. The zero-order chi connectivity index (χ0) is 23.7. The summed E-state index contributed by atoms with van der Waals surface area (Å²) in [6.45, 7) is 1.68. The predicted octanol–water partition coefficient (Wildman–Crippen LogP) is 6.41. The molecule has 0 aliphatic carbocycles. The first-order valence-electron chi connectivity index (χ1n) is 9.50. The number of carbonyl (C=O) groups excluding carboxylic acids is 1. The number of hydrogen-bond acceptors (Lipinski definition) is 7. The number of carbonyl (C=O) groups is 1. The molecular formula is C22H17ClFIN4O3S. The third-order valence-electron chi connectivity index (χ3n) is 4.83. The maximum Gasteiger partial charge on any atom is 0.258 e. The van der Waals surface area contributed by atoms with Crippen molar-refractivity contribution in [1.29, 1.82) is 0 Å². The first-order valence-corrected chi connectivity index (χ1v) is 11.8. The third-order valence-corrected chi connectivity index (χ3v) is 7.25. The van der Waals surface area contributed by atoms with Crippen molar-refractivity contribution in [2.45, 2.75) is 6.92 Å². The normalized spacial score (nSPS) is 10.8. The Hall–Kier alpha value is -2.70. The molecule has 0 fully saturated rings. The van der Waals surface area contributed by atoms with Crippen LogP contribution in [0.2, 0.25) is 5.02 Å². The number of fused-ring (bicyclic) bond motifs is 1. The fraction of sp³-hybridized carbons (Fsp3) is 0.136. The number of benzene rings is 2. The van der Waals surface area contributed by atoms with Crippen molar-refractivity contribution in [2.24, 2.45) is 0 Å². The fourth-order valence-electron chi connectivity index (χ4n) is 3.14. The van der Waals surface area contributed by atoms with Crippen LogP contribution in [0.1, 0.15) is 15.9 Å². The number of nitrogens with zero attached hydrogens (tertiary/aromatic N) is 2. The molecule has 2 heterocycles. The van der Waals surface area contributed by atoms with E-state index in [9.17, 15) is 9.18 Å². The van der Waals surface area contributed by atoms with Crippen LogP contribution in [0, 0.1) is 16.3 Å². The summed E-state index contributed by atoms with van der Waals surface area (Å²) in [5.41, 5.74) is 2.42. The van der Waals surface area contributed by atoms with E-state index >= 15 is 0 Å². The van der Waals surface area contributed by atoms with Crippen LogP contribution in [-0.2, 0) is 0 Å². The average molecular weight is 599 g/mol. The highest BCUT2D eigenvalue weighted by molar-refractivity contribution is 14.1. The molecule has 2 N–H and O–H groups in total. The summed E-state index contributed by atoms with van der Waals surface area (Å²) in [5, 5.41) is 7.99. The van der Waals surface area contributed by atoms with Crippen LogP contribution in [0.3, 0.4) is 0 Å². The molecule has 0 spiro atoms. The molecule has 170 valence electrons. The van der Waals surface area contributed by atoms with E-state index in [-0.39, 0.29) is 10.8 Å².